The van der Waals surface area contributed by atoms with Crippen LogP contribution in [0.1, 0.15) is 12.3 Å². The maximum atomic E-state index is 12.0. The third-order valence-corrected chi connectivity index (χ3v) is 4.22. The second kappa shape index (κ2) is 10.1. The number of rotatable bonds is 10. The van der Waals surface area contributed by atoms with Crippen molar-refractivity contribution in [3.05, 3.63) is 58.5 Å². The molecular weight excluding hydrogens is 408 g/mol. The van der Waals surface area contributed by atoms with Crippen LogP contribution in [-0.4, -0.2) is 41.8 Å². The molecule has 0 aliphatic carbocycles. The Labute approximate surface area is 177 Å². The van der Waals surface area contributed by atoms with E-state index in [9.17, 15) is 14.9 Å². The summed E-state index contributed by atoms with van der Waals surface area (Å²) in [5, 5.41) is 17.7. The molecule has 162 valence electrons. The van der Waals surface area contributed by atoms with Gasteiger partial charge in [0.25, 0.3) is 11.6 Å². The number of carbonyl (C=O) groups is 1. The number of nitrogens with one attached hydrogen (secondary N) is 1. The van der Waals surface area contributed by atoms with Crippen LogP contribution < -0.4 is 14.8 Å². The highest BCUT2D eigenvalue weighted by Crippen LogP contribution is 2.31. The Hall–Kier alpha value is -4.15. The van der Waals surface area contributed by atoms with E-state index < -0.39 is 10.9 Å². The second-order valence-electron chi connectivity index (χ2n) is 6.19. The molecule has 0 saturated carbocycles. The van der Waals surface area contributed by atoms with E-state index in [0.717, 1.165) is 0 Å². The summed E-state index contributed by atoms with van der Waals surface area (Å²) in [7, 11) is 3.06. The first kappa shape index (κ1) is 21.6. The lowest BCUT2D eigenvalue weighted by molar-refractivity contribution is -0.384. The fourth-order valence-electron chi connectivity index (χ4n) is 2.70. The van der Waals surface area contributed by atoms with E-state index in [-0.39, 0.29) is 37.0 Å². The number of nitro benzene ring substituents is 1. The molecule has 0 aliphatic heterocycles. The van der Waals surface area contributed by atoms with Gasteiger partial charge in [-0.15, -0.1) is 0 Å². The van der Waals surface area contributed by atoms with Gasteiger partial charge in [0.1, 0.15) is 17.2 Å². The van der Waals surface area contributed by atoms with Gasteiger partial charge in [0, 0.05) is 18.7 Å². The molecule has 0 spiro atoms. The monoisotopic (exact) mass is 428 g/mol. The van der Waals surface area contributed by atoms with Gasteiger partial charge in [-0.05, 0) is 18.2 Å². The number of methoxy groups -OCH3 is 2. The van der Waals surface area contributed by atoms with Gasteiger partial charge in [0.2, 0.25) is 5.82 Å². The van der Waals surface area contributed by atoms with Crippen LogP contribution in [-0.2, 0) is 16.1 Å². The molecule has 0 atom stereocenters. The highest BCUT2D eigenvalue weighted by atomic mass is 16.6. The lowest BCUT2D eigenvalue weighted by Gasteiger charge is -2.07. The lowest BCUT2D eigenvalue weighted by Crippen LogP contribution is -2.12. The predicted octanol–water partition coefficient (Wildman–Crippen LogP) is 3.21. The quantitative estimate of drug-likeness (QED) is 0.291. The number of aromatic nitrogens is 2. The Morgan fingerprint density at radius 1 is 1.19 bits per heavy atom. The summed E-state index contributed by atoms with van der Waals surface area (Å²) in [5.41, 5.74) is 0.858. The molecule has 2 aromatic carbocycles. The Morgan fingerprint density at radius 2 is 2.00 bits per heavy atom. The number of ether oxygens (including phenoxy) is 3. The standard InChI is InChI=1S/C20H20N4O7/c1-28-13-7-8-14(17(11-13)29-2)20-22-18(31-23-20)12-30-19(25)9-10-21-15-5-3-4-6-16(15)24(26)27/h3-8,11,21H,9-10,12H2,1-2H3. The van der Waals surface area contributed by atoms with Gasteiger partial charge in [-0.3, -0.25) is 14.9 Å². The third-order valence-electron chi connectivity index (χ3n) is 4.22. The molecule has 0 bridgehead atoms. The van der Waals surface area contributed by atoms with Gasteiger partial charge < -0.3 is 24.1 Å². The fourth-order valence-corrected chi connectivity index (χ4v) is 2.70. The van der Waals surface area contributed by atoms with E-state index in [1.807, 2.05) is 0 Å². The number of carbonyl (C=O) groups excluding carboxylic acids is 1. The van der Waals surface area contributed by atoms with Crippen molar-refractivity contribution in [1.29, 1.82) is 0 Å². The Morgan fingerprint density at radius 3 is 2.74 bits per heavy atom. The molecule has 11 nitrogen and oxygen atoms in total. The van der Waals surface area contributed by atoms with Gasteiger partial charge in [-0.1, -0.05) is 17.3 Å². The van der Waals surface area contributed by atoms with Crippen molar-refractivity contribution < 1.29 is 28.5 Å². The smallest absolute Gasteiger partial charge is 0.308 e. The largest absolute Gasteiger partial charge is 0.497 e. The average molecular weight is 428 g/mol. The number of anilines is 1. The molecule has 31 heavy (non-hydrogen) atoms. The summed E-state index contributed by atoms with van der Waals surface area (Å²) < 4.78 is 20.7. The fraction of sp³-hybridized carbons (Fsp3) is 0.250. The van der Waals surface area contributed by atoms with Gasteiger partial charge in [0.05, 0.1) is 31.1 Å². The van der Waals surface area contributed by atoms with Crippen molar-refractivity contribution in [3.63, 3.8) is 0 Å². The molecular formula is C20H20N4O7. The average Bonchev–Trinajstić information content (AvgIpc) is 3.26. The minimum atomic E-state index is -0.520. The van der Waals surface area contributed by atoms with Crippen molar-refractivity contribution in [2.24, 2.45) is 0 Å². The number of esters is 1. The molecule has 0 unspecified atom stereocenters. The minimum absolute atomic E-state index is 0.000649. The van der Waals surface area contributed by atoms with Crippen LogP contribution in [0.15, 0.2) is 47.0 Å². The molecule has 0 fully saturated rings. The second-order valence-corrected chi connectivity index (χ2v) is 6.19. The van der Waals surface area contributed by atoms with Crippen LogP contribution in [0.3, 0.4) is 0 Å². The van der Waals surface area contributed by atoms with Crippen LogP contribution >= 0.6 is 0 Å². The molecule has 0 saturated heterocycles. The van der Waals surface area contributed by atoms with Gasteiger partial charge in [0.15, 0.2) is 6.61 Å². The maximum absolute atomic E-state index is 12.0. The highest BCUT2D eigenvalue weighted by Gasteiger charge is 2.16. The van der Waals surface area contributed by atoms with Crippen LogP contribution in [0.25, 0.3) is 11.4 Å². The molecule has 3 aromatic rings. The Bertz CT molecular complexity index is 1070. The van der Waals surface area contributed by atoms with E-state index >= 15 is 0 Å². The molecule has 1 aromatic heterocycles. The zero-order valence-corrected chi connectivity index (χ0v) is 16.9. The first-order valence-corrected chi connectivity index (χ1v) is 9.19. The van der Waals surface area contributed by atoms with Gasteiger partial charge in [-0.2, -0.15) is 4.98 Å². The SMILES string of the molecule is COc1ccc(-c2noc(COC(=O)CCNc3ccccc3[N+](=O)[O-])n2)c(OC)c1. The highest BCUT2D eigenvalue weighted by molar-refractivity contribution is 5.70. The van der Waals surface area contributed by atoms with Gasteiger partial charge in [-0.25, -0.2) is 0 Å². The summed E-state index contributed by atoms with van der Waals surface area (Å²) in [6.45, 7) is -0.0302. The maximum Gasteiger partial charge on any atom is 0.308 e. The summed E-state index contributed by atoms with van der Waals surface area (Å²) in [4.78, 5) is 26.7. The number of benzene rings is 2. The number of hydrogen-bond acceptors (Lipinski definition) is 10. The lowest BCUT2D eigenvalue weighted by atomic mass is 10.2. The van der Waals surface area contributed by atoms with Crippen molar-refractivity contribution >= 4 is 17.3 Å². The molecule has 0 aliphatic rings. The molecule has 0 radical (unpaired) electrons. The summed E-state index contributed by atoms with van der Waals surface area (Å²) in [6.07, 6.45) is -0.000649. The molecule has 1 N–H and O–H groups in total. The van der Waals surface area contributed by atoms with E-state index in [1.54, 1.807) is 43.5 Å². The van der Waals surface area contributed by atoms with Crippen LogP contribution in [0.4, 0.5) is 11.4 Å². The first-order valence-electron chi connectivity index (χ1n) is 9.19. The van der Waals surface area contributed by atoms with Crippen molar-refractivity contribution in [2.45, 2.75) is 13.0 Å². The molecule has 1 heterocycles. The normalized spacial score (nSPS) is 10.4. The summed E-state index contributed by atoms with van der Waals surface area (Å²) in [6, 6.07) is 11.3. The minimum Gasteiger partial charge on any atom is -0.497 e. The molecule has 3 rings (SSSR count). The molecule has 0 amide bonds. The van der Waals surface area contributed by atoms with Crippen LogP contribution in [0.5, 0.6) is 11.5 Å². The Balaban J connectivity index is 1.52. The first-order chi connectivity index (χ1) is 15.0. The number of para-hydroxylation sites is 2. The molecule has 11 heteroatoms. The van der Waals surface area contributed by atoms with Crippen LogP contribution in [0.2, 0.25) is 0 Å². The topological polar surface area (TPSA) is 139 Å². The van der Waals surface area contributed by atoms with E-state index in [1.165, 1.54) is 13.2 Å². The van der Waals surface area contributed by atoms with Crippen molar-refractivity contribution in [3.8, 4) is 22.9 Å². The number of nitrogens with zero attached hydrogens (tertiary/aromatic N) is 3. The van der Waals surface area contributed by atoms with Crippen molar-refractivity contribution in [2.75, 3.05) is 26.1 Å². The van der Waals surface area contributed by atoms with Gasteiger partial charge >= 0.3 is 5.97 Å². The summed E-state index contributed by atoms with van der Waals surface area (Å²) >= 11 is 0. The van der Waals surface area contributed by atoms with Crippen molar-refractivity contribution in [1.82, 2.24) is 10.1 Å². The Kier molecular flexibility index (Phi) is 6.99. The number of hydrogen-bond donors (Lipinski definition) is 1. The zero-order valence-electron chi connectivity index (χ0n) is 16.9. The van der Waals surface area contributed by atoms with E-state index in [4.69, 9.17) is 18.7 Å². The zero-order chi connectivity index (χ0) is 22.2. The predicted molar refractivity (Wildman–Crippen MR) is 109 cm³/mol. The number of nitro groups is 1. The van der Waals surface area contributed by atoms with E-state index in [0.29, 0.717) is 22.7 Å². The third kappa shape index (κ3) is 5.47. The summed E-state index contributed by atoms with van der Waals surface area (Å²) in [5.74, 6) is 1.00. The van der Waals surface area contributed by atoms with Crippen LogP contribution in [0, 0.1) is 10.1 Å². The van der Waals surface area contributed by atoms with E-state index in [2.05, 4.69) is 15.5 Å².